The Bertz CT molecular complexity index is 1000. The highest BCUT2D eigenvalue weighted by Crippen LogP contribution is 2.35. The molecule has 1 fully saturated rings. The monoisotopic (exact) mass is 455 g/mol. The summed E-state index contributed by atoms with van der Waals surface area (Å²) in [4.78, 5) is 4.25. The van der Waals surface area contributed by atoms with Crippen molar-refractivity contribution in [1.82, 2.24) is 20.5 Å². The number of anilines is 2. The number of pyridine rings is 1. The SMILES string of the molecule is CC.CC1(C)CC(N(N)c2nnc(-c3ncc(/C(C=N)=C/N)cc3O)cc2N)CC(C)(C)N1. The number of aromatic nitrogens is 3. The third-order valence-corrected chi connectivity index (χ3v) is 5.39. The van der Waals surface area contributed by atoms with E-state index in [0.29, 0.717) is 28.3 Å². The van der Waals surface area contributed by atoms with Gasteiger partial charge in [-0.3, -0.25) is 5.01 Å². The summed E-state index contributed by atoms with van der Waals surface area (Å²) in [6.07, 6.45) is 5.50. The van der Waals surface area contributed by atoms with E-state index in [0.717, 1.165) is 19.1 Å². The first-order valence-electron chi connectivity index (χ1n) is 11.0. The van der Waals surface area contributed by atoms with Crippen molar-refractivity contribution in [3.05, 3.63) is 30.1 Å². The summed E-state index contributed by atoms with van der Waals surface area (Å²) in [7, 11) is 0. The molecule has 2 aromatic rings. The Labute approximate surface area is 195 Å². The second kappa shape index (κ2) is 10.1. The number of nitrogens with two attached hydrogens (primary N) is 3. The van der Waals surface area contributed by atoms with Crippen molar-refractivity contribution in [3.8, 4) is 17.1 Å². The average molecular weight is 456 g/mol. The van der Waals surface area contributed by atoms with Gasteiger partial charge in [0.05, 0.1) is 11.7 Å². The number of hydrogen-bond acceptors (Lipinski definition) is 10. The molecule has 0 amide bonds. The van der Waals surface area contributed by atoms with Crippen LogP contribution in [0.1, 0.15) is 59.9 Å². The maximum absolute atomic E-state index is 10.4. The first-order chi connectivity index (χ1) is 15.5. The maximum atomic E-state index is 10.4. The third-order valence-electron chi connectivity index (χ3n) is 5.39. The second-order valence-corrected chi connectivity index (χ2v) is 9.23. The predicted octanol–water partition coefficient (Wildman–Crippen LogP) is 2.79. The van der Waals surface area contributed by atoms with E-state index in [1.54, 1.807) is 11.1 Å². The van der Waals surface area contributed by atoms with Crippen LogP contribution in [0.2, 0.25) is 0 Å². The van der Waals surface area contributed by atoms with Crippen molar-refractivity contribution in [1.29, 1.82) is 5.41 Å². The zero-order valence-electron chi connectivity index (χ0n) is 20.3. The molecule has 0 spiro atoms. The molecule has 2 aromatic heterocycles. The Kier molecular flexibility index (Phi) is 7.99. The van der Waals surface area contributed by atoms with Crippen LogP contribution in [0.5, 0.6) is 5.75 Å². The van der Waals surface area contributed by atoms with Gasteiger partial charge in [0, 0.05) is 40.8 Å². The minimum Gasteiger partial charge on any atom is -0.506 e. The fraction of sp³-hybridized carbons (Fsp3) is 0.478. The molecular weight excluding hydrogens is 418 g/mol. The molecule has 9 N–H and O–H groups in total. The minimum absolute atomic E-state index is 0.0297. The van der Waals surface area contributed by atoms with Gasteiger partial charge >= 0.3 is 0 Å². The largest absolute Gasteiger partial charge is 0.506 e. The van der Waals surface area contributed by atoms with Gasteiger partial charge in [-0.1, -0.05) is 13.8 Å². The minimum atomic E-state index is -0.119. The van der Waals surface area contributed by atoms with Gasteiger partial charge in [-0.2, -0.15) is 0 Å². The Hall–Kier alpha value is -3.24. The standard InChI is InChI=1S/C21H31N9O.C2H6/c1-20(2)7-14(8-21(3,4)29-20)30(25)19-15(24)6-16(27-28-19)18-17(31)5-12(11-26-18)13(9-22)10-23;1-2/h5-6,9-11,14,22,29,31H,7-8,23,25H2,1-4H3,(H2,24,27);1-2H3/b13-10+,22-9?;. The summed E-state index contributed by atoms with van der Waals surface area (Å²) in [6.45, 7) is 12.6. The molecule has 180 valence electrons. The highest BCUT2D eigenvalue weighted by Gasteiger charge is 2.40. The number of nitrogens with one attached hydrogen (secondary N) is 2. The van der Waals surface area contributed by atoms with E-state index < -0.39 is 0 Å². The van der Waals surface area contributed by atoms with Crippen LogP contribution in [0, 0.1) is 5.41 Å². The summed E-state index contributed by atoms with van der Waals surface area (Å²) in [6, 6.07) is 3.09. The third kappa shape index (κ3) is 5.96. The van der Waals surface area contributed by atoms with Crippen molar-refractivity contribution >= 4 is 23.3 Å². The molecule has 0 aliphatic carbocycles. The zero-order valence-corrected chi connectivity index (χ0v) is 20.3. The number of rotatable bonds is 5. The van der Waals surface area contributed by atoms with Gasteiger partial charge in [-0.25, -0.2) is 10.8 Å². The molecule has 0 unspecified atom stereocenters. The second-order valence-electron chi connectivity index (χ2n) is 9.23. The van der Waals surface area contributed by atoms with Crippen LogP contribution in [0.15, 0.2) is 24.5 Å². The maximum Gasteiger partial charge on any atom is 0.188 e. The van der Waals surface area contributed by atoms with E-state index in [2.05, 4.69) is 48.2 Å². The predicted molar refractivity (Wildman–Crippen MR) is 135 cm³/mol. The molecule has 10 nitrogen and oxygen atoms in total. The van der Waals surface area contributed by atoms with E-state index in [4.69, 9.17) is 22.7 Å². The molecule has 0 aromatic carbocycles. The van der Waals surface area contributed by atoms with Gasteiger partial charge in [0.25, 0.3) is 0 Å². The van der Waals surface area contributed by atoms with Gasteiger partial charge in [0.15, 0.2) is 5.82 Å². The van der Waals surface area contributed by atoms with Gasteiger partial charge in [-0.15, -0.1) is 10.2 Å². The Morgan fingerprint density at radius 3 is 2.27 bits per heavy atom. The molecule has 3 heterocycles. The van der Waals surface area contributed by atoms with E-state index in [1.807, 2.05) is 13.8 Å². The molecule has 0 radical (unpaired) electrons. The lowest BCUT2D eigenvalue weighted by Gasteiger charge is -2.48. The van der Waals surface area contributed by atoms with Crippen molar-refractivity contribution in [2.45, 2.75) is 71.5 Å². The van der Waals surface area contributed by atoms with Crippen molar-refractivity contribution in [2.75, 3.05) is 10.7 Å². The number of piperidine rings is 1. The fourth-order valence-electron chi connectivity index (χ4n) is 4.39. The molecule has 1 aliphatic heterocycles. The van der Waals surface area contributed by atoms with Crippen molar-refractivity contribution in [2.24, 2.45) is 11.6 Å². The number of nitrogen functional groups attached to an aromatic ring is 1. The molecule has 1 aliphatic rings. The van der Waals surface area contributed by atoms with Gasteiger partial charge in [0.1, 0.15) is 17.1 Å². The average Bonchev–Trinajstić information content (AvgIpc) is 2.73. The van der Waals surface area contributed by atoms with Crippen LogP contribution in [0.25, 0.3) is 17.0 Å². The van der Waals surface area contributed by atoms with Crippen LogP contribution >= 0.6 is 0 Å². The molecule has 33 heavy (non-hydrogen) atoms. The molecule has 0 atom stereocenters. The first kappa shape index (κ1) is 26.0. The summed E-state index contributed by atoms with van der Waals surface area (Å²) < 4.78 is 0. The van der Waals surface area contributed by atoms with E-state index in [9.17, 15) is 5.11 Å². The highest BCUT2D eigenvalue weighted by atomic mass is 16.3. The van der Waals surface area contributed by atoms with E-state index in [1.165, 1.54) is 18.5 Å². The number of nitrogens with zero attached hydrogens (tertiary/aromatic N) is 4. The van der Waals surface area contributed by atoms with Crippen molar-refractivity contribution in [3.63, 3.8) is 0 Å². The molecule has 1 saturated heterocycles. The normalized spacial score (nSPS) is 17.6. The van der Waals surface area contributed by atoms with Crippen LogP contribution in [0.4, 0.5) is 11.5 Å². The smallest absolute Gasteiger partial charge is 0.188 e. The molecule has 10 heteroatoms. The van der Waals surface area contributed by atoms with Crippen LogP contribution in [-0.2, 0) is 0 Å². The number of aromatic hydroxyl groups is 1. The summed E-state index contributed by atoms with van der Waals surface area (Å²) in [5.41, 5.74) is 13.4. The zero-order chi connectivity index (χ0) is 25.0. The molecule has 3 rings (SSSR count). The number of hydrogen-bond donors (Lipinski definition) is 6. The lowest BCUT2D eigenvalue weighted by molar-refractivity contribution is 0.158. The topological polar surface area (TPSA) is 176 Å². The lowest BCUT2D eigenvalue weighted by atomic mass is 9.79. The summed E-state index contributed by atoms with van der Waals surface area (Å²) >= 11 is 0. The van der Waals surface area contributed by atoms with Gasteiger partial charge in [0.2, 0.25) is 0 Å². The summed E-state index contributed by atoms with van der Waals surface area (Å²) in [5, 5.41) is 31.5. The lowest BCUT2D eigenvalue weighted by Crippen LogP contribution is -2.63. The van der Waals surface area contributed by atoms with E-state index in [-0.39, 0.29) is 28.6 Å². The van der Waals surface area contributed by atoms with Gasteiger partial charge in [-0.05, 0) is 52.7 Å². The molecule has 0 bridgehead atoms. The number of hydrazine groups is 1. The highest BCUT2D eigenvalue weighted by molar-refractivity contribution is 6.08. The van der Waals surface area contributed by atoms with E-state index >= 15 is 0 Å². The van der Waals surface area contributed by atoms with Gasteiger partial charge < -0.3 is 27.3 Å². The Morgan fingerprint density at radius 1 is 1.18 bits per heavy atom. The summed E-state index contributed by atoms with van der Waals surface area (Å²) in [5.74, 6) is 6.70. The van der Waals surface area contributed by atoms with Crippen LogP contribution < -0.4 is 27.6 Å². The fourth-order valence-corrected chi connectivity index (χ4v) is 4.39. The van der Waals surface area contributed by atoms with Crippen LogP contribution in [-0.4, -0.2) is 43.6 Å². The Morgan fingerprint density at radius 2 is 1.79 bits per heavy atom. The number of allylic oxidation sites excluding steroid dienone is 1. The van der Waals surface area contributed by atoms with Crippen LogP contribution in [0.3, 0.4) is 0 Å². The molecular formula is C23H37N9O. The quantitative estimate of drug-likeness (QED) is 0.225. The first-order valence-corrected chi connectivity index (χ1v) is 11.0. The van der Waals surface area contributed by atoms with Crippen molar-refractivity contribution < 1.29 is 5.11 Å². The molecule has 0 saturated carbocycles. The Balaban J connectivity index is 0.00000187.